The largest absolute Gasteiger partial charge is 0.341 e. The van der Waals surface area contributed by atoms with Gasteiger partial charge in [-0.25, -0.2) is 4.98 Å². The lowest BCUT2D eigenvalue weighted by Gasteiger charge is -2.13. The number of H-pyrrole nitrogens is 1. The molecule has 1 fully saturated rings. The maximum Gasteiger partial charge on any atom is 0.235 e. The van der Waals surface area contributed by atoms with Crippen LogP contribution in [0.2, 0.25) is 5.15 Å². The number of imidazole rings is 1. The highest BCUT2D eigenvalue weighted by atomic mass is 35.5. The predicted molar refractivity (Wildman–Crippen MR) is 61.6 cm³/mol. The summed E-state index contributed by atoms with van der Waals surface area (Å²) in [4.78, 5) is 28.2. The monoisotopic (exact) mass is 252 g/mol. The van der Waals surface area contributed by atoms with E-state index in [1.54, 1.807) is 0 Å². The molecule has 17 heavy (non-hydrogen) atoms. The van der Waals surface area contributed by atoms with E-state index in [-0.39, 0.29) is 23.1 Å². The molecular formula is C9H9ClN6O. The fourth-order valence-electron chi connectivity index (χ4n) is 1.84. The minimum absolute atomic E-state index is 0.0940. The normalized spacial score (nSPS) is 20.5. The summed E-state index contributed by atoms with van der Waals surface area (Å²) in [6.45, 7) is 0.408. The number of nitrogens with two attached hydrogens (primary N) is 1. The maximum absolute atomic E-state index is 11.7. The SMILES string of the molecule is NC1CC(=O)N(c2nc(Cl)c3[nH]cnc3n2)C1. The highest BCUT2D eigenvalue weighted by Gasteiger charge is 2.30. The van der Waals surface area contributed by atoms with Crippen LogP contribution in [0.25, 0.3) is 11.2 Å². The summed E-state index contributed by atoms with van der Waals surface area (Å²) in [5.74, 6) is 0.163. The quantitative estimate of drug-likeness (QED) is 0.700. The van der Waals surface area contributed by atoms with Gasteiger partial charge in [0.2, 0.25) is 11.9 Å². The van der Waals surface area contributed by atoms with E-state index in [4.69, 9.17) is 17.3 Å². The zero-order valence-electron chi connectivity index (χ0n) is 8.72. The number of nitrogens with one attached hydrogen (secondary N) is 1. The molecule has 3 heterocycles. The van der Waals surface area contributed by atoms with Crippen LogP contribution in [0, 0.1) is 0 Å². The Morgan fingerprint density at radius 2 is 2.35 bits per heavy atom. The number of hydrogen-bond donors (Lipinski definition) is 2. The molecule has 0 aliphatic carbocycles. The third-order valence-electron chi connectivity index (χ3n) is 2.63. The standard InChI is InChI=1S/C9H9ClN6O/c10-7-6-8(13-3-12-6)15-9(14-7)16-2-4(11)1-5(16)17/h3-4H,1-2,11H2,(H,12,13,14,15). The minimum Gasteiger partial charge on any atom is -0.341 e. The first kappa shape index (κ1) is 10.4. The Kier molecular flexibility index (Phi) is 2.23. The second kappa shape index (κ2) is 3.64. The van der Waals surface area contributed by atoms with Crippen molar-refractivity contribution >= 4 is 34.6 Å². The minimum atomic E-state index is -0.181. The van der Waals surface area contributed by atoms with Gasteiger partial charge in [0, 0.05) is 19.0 Å². The van der Waals surface area contributed by atoms with Crippen molar-refractivity contribution in [2.24, 2.45) is 5.73 Å². The molecule has 1 atom stereocenters. The summed E-state index contributed by atoms with van der Waals surface area (Å²) in [5.41, 5.74) is 6.71. The molecule has 3 rings (SSSR count). The molecular weight excluding hydrogens is 244 g/mol. The number of anilines is 1. The van der Waals surface area contributed by atoms with Gasteiger partial charge < -0.3 is 10.7 Å². The molecule has 0 aromatic carbocycles. The summed E-state index contributed by atoms with van der Waals surface area (Å²) in [5, 5.41) is 0.246. The molecule has 0 bridgehead atoms. The second-order valence-electron chi connectivity index (χ2n) is 3.88. The van der Waals surface area contributed by atoms with E-state index >= 15 is 0 Å². The maximum atomic E-state index is 11.7. The molecule has 3 N–H and O–H groups in total. The average molecular weight is 253 g/mol. The first-order chi connectivity index (χ1) is 8.15. The van der Waals surface area contributed by atoms with E-state index in [9.17, 15) is 4.79 Å². The van der Waals surface area contributed by atoms with Crippen molar-refractivity contribution in [1.82, 2.24) is 19.9 Å². The first-order valence-corrected chi connectivity index (χ1v) is 5.45. The van der Waals surface area contributed by atoms with Crippen molar-refractivity contribution in [3.8, 4) is 0 Å². The number of aromatic amines is 1. The number of fused-ring (bicyclic) bond motifs is 1. The molecule has 0 saturated carbocycles. The number of amides is 1. The molecule has 0 spiro atoms. The van der Waals surface area contributed by atoms with E-state index < -0.39 is 0 Å². The van der Waals surface area contributed by atoms with Crippen molar-refractivity contribution in [1.29, 1.82) is 0 Å². The summed E-state index contributed by atoms with van der Waals surface area (Å²) in [6, 6.07) is -0.181. The Balaban J connectivity index is 2.08. The Bertz CT molecular complexity index is 596. The summed E-state index contributed by atoms with van der Waals surface area (Å²) in [6.07, 6.45) is 1.78. The lowest BCUT2D eigenvalue weighted by molar-refractivity contribution is -0.117. The van der Waals surface area contributed by atoms with Gasteiger partial charge in [-0.3, -0.25) is 9.69 Å². The first-order valence-electron chi connectivity index (χ1n) is 5.07. The molecule has 1 saturated heterocycles. The van der Waals surface area contributed by atoms with Gasteiger partial charge in [0.25, 0.3) is 0 Å². The molecule has 7 nitrogen and oxygen atoms in total. The predicted octanol–water partition coefficient (Wildman–Crippen LogP) is 0.0703. The number of aromatic nitrogens is 4. The van der Waals surface area contributed by atoms with Crippen LogP contribution in [0.3, 0.4) is 0 Å². The highest BCUT2D eigenvalue weighted by molar-refractivity contribution is 6.33. The van der Waals surface area contributed by atoms with Crippen LogP contribution < -0.4 is 10.6 Å². The van der Waals surface area contributed by atoms with Crippen molar-refractivity contribution in [2.45, 2.75) is 12.5 Å². The number of hydrogen-bond acceptors (Lipinski definition) is 5. The number of carbonyl (C=O) groups excluding carboxylic acids is 1. The van der Waals surface area contributed by atoms with Crippen LogP contribution in [0.15, 0.2) is 6.33 Å². The van der Waals surface area contributed by atoms with E-state index in [1.807, 2.05) is 0 Å². The smallest absolute Gasteiger partial charge is 0.235 e. The Morgan fingerprint density at radius 3 is 3.06 bits per heavy atom. The summed E-state index contributed by atoms with van der Waals surface area (Å²) in [7, 11) is 0. The molecule has 1 aliphatic heterocycles. The molecule has 1 amide bonds. The van der Waals surface area contributed by atoms with Crippen LogP contribution >= 0.6 is 11.6 Å². The number of halogens is 1. The van der Waals surface area contributed by atoms with E-state index in [2.05, 4.69) is 19.9 Å². The molecule has 1 unspecified atom stereocenters. The Morgan fingerprint density at radius 1 is 1.53 bits per heavy atom. The lowest BCUT2D eigenvalue weighted by atomic mass is 10.3. The van der Waals surface area contributed by atoms with Crippen molar-refractivity contribution < 1.29 is 4.79 Å². The van der Waals surface area contributed by atoms with Crippen molar-refractivity contribution in [3.63, 3.8) is 0 Å². The van der Waals surface area contributed by atoms with E-state index in [0.29, 0.717) is 24.1 Å². The average Bonchev–Trinajstić information content (AvgIpc) is 2.84. The second-order valence-corrected chi connectivity index (χ2v) is 4.24. The van der Waals surface area contributed by atoms with Crippen LogP contribution in [-0.4, -0.2) is 38.4 Å². The van der Waals surface area contributed by atoms with Gasteiger partial charge in [0.05, 0.1) is 6.33 Å². The van der Waals surface area contributed by atoms with Crippen LogP contribution in [0.1, 0.15) is 6.42 Å². The van der Waals surface area contributed by atoms with Crippen molar-refractivity contribution in [2.75, 3.05) is 11.4 Å². The number of rotatable bonds is 1. The van der Waals surface area contributed by atoms with Crippen LogP contribution in [0.5, 0.6) is 0 Å². The summed E-state index contributed by atoms with van der Waals surface area (Å²) >= 11 is 5.97. The van der Waals surface area contributed by atoms with Gasteiger partial charge in [-0.15, -0.1) is 0 Å². The fourth-order valence-corrected chi connectivity index (χ4v) is 2.05. The van der Waals surface area contributed by atoms with Gasteiger partial charge in [0.1, 0.15) is 5.52 Å². The molecule has 8 heteroatoms. The lowest BCUT2D eigenvalue weighted by Crippen LogP contribution is -2.29. The number of carbonyl (C=O) groups is 1. The molecule has 2 aromatic rings. The van der Waals surface area contributed by atoms with Gasteiger partial charge in [0.15, 0.2) is 10.8 Å². The molecule has 1 aliphatic rings. The zero-order chi connectivity index (χ0) is 12.0. The van der Waals surface area contributed by atoms with Gasteiger partial charge >= 0.3 is 0 Å². The third kappa shape index (κ3) is 1.63. The zero-order valence-corrected chi connectivity index (χ0v) is 9.48. The molecule has 2 aromatic heterocycles. The van der Waals surface area contributed by atoms with E-state index in [0.717, 1.165) is 0 Å². The van der Waals surface area contributed by atoms with Gasteiger partial charge in [-0.2, -0.15) is 9.97 Å². The Labute approximate surface area is 101 Å². The number of nitrogens with zero attached hydrogens (tertiary/aromatic N) is 4. The third-order valence-corrected chi connectivity index (χ3v) is 2.90. The highest BCUT2D eigenvalue weighted by Crippen LogP contribution is 2.23. The van der Waals surface area contributed by atoms with E-state index in [1.165, 1.54) is 11.2 Å². The van der Waals surface area contributed by atoms with Crippen LogP contribution in [-0.2, 0) is 4.79 Å². The van der Waals surface area contributed by atoms with Gasteiger partial charge in [-0.1, -0.05) is 11.6 Å². The van der Waals surface area contributed by atoms with Gasteiger partial charge in [-0.05, 0) is 0 Å². The molecule has 88 valence electrons. The van der Waals surface area contributed by atoms with Crippen LogP contribution in [0.4, 0.5) is 5.95 Å². The molecule has 0 radical (unpaired) electrons. The fraction of sp³-hybridized carbons (Fsp3) is 0.333. The Hall–Kier alpha value is -1.73. The summed E-state index contributed by atoms with van der Waals surface area (Å²) < 4.78 is 0. The van der Waals surface area contributed by atoms with Crippen molar-refractivity contribution in [3.05, 3.63) is 11.5 Å². The topological polar surface area (TPSA) is 101 Å².